The van der Waals surface area contributed by atoms with Crippen LogP contribution < -0.4 is 5.32 Å². The highest BCUT2D eigenvalue weighted by molar-refractivity contribution is 9.10. The summed E-state index contributed by atoms with van der Waals surface area (Å²) in [6.07, 6.45) is 0.795. The molecule has 0 aliphatic rings. The van der Waals surface area contributed by atoms with Crippen LogP contribution in [0.3, 0.4) is 0 Å². The van der Waals surface area contributed by atoms with Crippen LogP contribution in [0.15, 0.2) is 28.7 Å². The Kier molecular flexibility index (Phi) is 4.99. The molecular weight excluding hydrogens is 398 g/mol. The highest BCUT2D eigenvalue weighted by Gasteiger charge is 2.10. The Morgan fingerprint density at radius 2 is 2.13 bits per heavy atom. The third kappa shape index (κ3) is 3.91. The first-order valence-corrected chi connectivity index (χ1v) is 9.06. The molecule has 0 radical (unpaired) electrons. The highest BCUT2D eigenvalue weighted by atomic mass is 79.9. The first-order valence-electron chi connectivity index (χ1n) is 7.07. The van der Waals surface area contributed by atoms with E-state index in [2.05, 4.69) is 43.5 Å². The van der Waals surface area contributed by atoms with Crippen LogP contribution in [0.25, 0.3) is 0 Å². The van der Waals surface area contributed by atoms with Gasteiger partial charge < -0.3 is 5.32 Å². The van der Waals surface area contributed by atoms with Crippen LogP contribution in [0.5, 0.6) is 0 Å². The van der Waals surface area contributed by atoms with Crippen LogP contribution in [0.1, 0.15) is 16.4 Å². The molecule has 2 aromatic heterocycles. The average Bonchev–Trinajstić information content (AvgIpc) is 3.05. The van der Waals surface area contributed by atoms with Gasteiger partial charge >= 0.3 is 0 Å². The molecule has 0 atom stereocenters. The molecule has 5 nitrogen and oxygen atoms in total. The summed E-state index contributed by atoms with van der Waals surface area (Å²) in [6, 6.07) is 7.54. The molecule has 3 aromatic rings. The molecule has 1 aromatic carbocycles. The number of hydrogen-bond acceptors (Lipinski definition) is 5. The van der Waals surface area contributed by atoms with Crippen LogP contribution >= 0.6 is 38.9 Å². The van der Waals surface area contributed by atoms with E-state index in [0.717, 1.165) is 44.7 Å². The van der Waals surface area contributed by atoms with Crippen molar-refractivity contribution in [3.05, 3.63) is 50.2 Å². The lowest BCUT2D eigenvalue weighted by Gasteiger charge is -2.02. The number of hydrogen-bond donors (Lipinski definition) is 1. The summed E-state index contributed by atoms with van der Waals surface area (Å²) in [5.41, 5.74) is 3.04. The molecule has 3 rings (SSSR count). The maximum absolute atomic E-state index is 5.98. The second-order valence-electron chi connectivity index (χ2n) is 5.09. The third-order valence-electron chi connectivity index (χ3n) is 3.37. The molecule has 0 amide bonds. The lowest BCUT2D eigenvalue weighted by Crippen LogP contribution is -2.05. The molecule has 8 heteroatoms. The lowest BCUT2D eigenvalue weighted by atomic mass is 10.3. The zero-order chi connectivity index (χ0) is 16.4. The van der Waals surface area contributed by atoms with E-state index in [1.165, 1.54) is 0 Å². The molecule has 0 saturated heterocycles. The van der Waals surface area contributed by atoms with Gasteiger partial charge in [-0.15, -0.1) is 10.2 Å². The van der Waals surface area contributed by atoms with Crippen LogP contribution in [0.2, 0.25) is 5.02 Å². The number of nitrogens with one attached hydrogen (secondary N) is 1. The van der Waals surface area contributed by atoms with E-state index in [9.17, 15) is 0 Å². The zero-order valence-corrected chi connectivity index (χ0v) is 15.8. The number of aryl methyl sites for hydroxylation is 3. The van der Waals surface area contributed by atoms with Gasteiger partial charge in [0.25, 0.3) is 0 Å². The number of rotatable bonds is 5. The maximum Gasteiger partial charge on any atom is 0.210 e. The van der Waals surface area contributed by atoms with Crippen molar-refractivity contribution < 1.29 is 0 Å². The fraction of sp³-hybridized carbons (Fsp3) is 0.267. The molecule has 0 unspecified atom stereocenters. The highest BCUT2D eigenvalue weighted by Crippen LogP contribution is 2.24. The Bertz CT molecular complexity index is 829. The second kappa shape index (κ2) is 6.98. The van der Waals surface area contributed by atoms with Crippen LogP contribution in [-0.2, 0) is 13.0 Å². The summed E-state index contributed by atoms with van der Waals surface area (Å²) in [6.45, 7) is 4.83. The number of aromatic nitrogens is 4. The van der Waals surface area contributed by atoms with Gasteiger partial charge in [0.2, 0.25) is 5.13 Å². The quantitative estimate of drug-likeness (QED) is 0.657. The van der Waals surface area contributed by atoms with Gasteiger partial charge in [0.05, 0.1) is 10.2 Å². The van der Waals surface area contributed by atoms with Crippen molar-refractivity contribution in [1.82, 2.24) is 20.0 Å². The van der Waals surface area contributed by atoms with E-state index >= 15 is 0 Å². The van der Waals surface area contributed by atoms with Crippen molar-refractivity contribution in [1.29, 1.82) is 0 Å². The number of halogens is 2. The third-order valence-corrected chi connectivity index (χ3v) is 5.65. The summed E-state index contributed by atoms with van der Waals surface area (Å²) in [5.74, 6) is 0. The van der Waals surface area contributed by atoms with Crippen molar-refractivity contribution in [2.45, 2.75) is 26.8 Å². The smallest absolute Gasteiger partial charge is 0.210 e. The van der Waals surface area contributed by atoms with E-state index in [1.807, 2.05) is 35.9 Å². The van der Waals surface area contributed by atoms with Gasteiger partial charge in [0.1, 0.15) is 5.01 Å². The Morgan fingerprint density at radius 1 is 1.30 bits per heavy atom. The standard InChI is InChI=1S/C15H15BrClN5S/c1-9-14(16)10(2)22(21-9)7-6-13-19-20-15(23-13)18-12-5-3-4-11(17)8-12/h3-5,8H,6-7H2,1-2H3,(H,18,20). The monoisotopic (exact) mass is 411 g/mol. The van der Waals surface area contributed by atoms with Crippen molar-refractivity contribution >= 4 is 49.7 Å². The minimum atomic E-state index is 0.690. The minimum absolute atomic E-state index is 0.690. The van der Waals surface area contributed by atoms with E-state index in [-0.39, 0.29) is 0 Å². The first-order chi connectivity index (χ1) is 11.0. The van der Waals surface area contributed by atoms with Crippen molar-refractivity contribution in [2.24, 2.45) is 0 Å². The molecule has 0 fully saturated rings. The van der Waals surface area contributed by atoms with Gasteiger partial charge in [-0.2, -0.15) is 5.10 Å². The van der Waals surface area contributed by atoms with Gasteiger partial charge in [-0.3, -0.25) is 4.68 Å². The van der Waals surface area contributed by atoms with Crippen molar-refractivity contribution in [3.8, 4) is 0 Å². The van der Waals surface area contributed by atoms with Gasteiger partial charge in [-0.1, -0.05) is 29.0 Å². The Balaban J connectivity index is 1.64. The first kappa shape index (κ1) is 16.4. The van der Waals surface area contributed by atoms with Crippen LogP contribution in [-0.4, -0.2) is 20.0 Å². The second-order valence-corrected chi connectivity index (χ2v) is 7.39. The Hall–Kier alpha value is -1.44. The van der Waals surface area contributed by atoms with Crippen LogP contribution in [0.4, 0.5) is 10.8 Å². The molecule has 0 aliphatic carbocycles. The van der Waals surface area contributed by atoms with Gasteiger partial charge in [0, 0.05) is 29.4 Å². The van der Waals surface area contributed by atoms with Gasteiger partial charge in [-0.05, 0) is 48.0 Å². The largest absolute Gasteiger partial charge is 0.330 e. The molecule has 0 bridgehead atoms. The van der Waals surface area contributed by atoms with Gasteiger partial charge in [0.15, 0.2) is 0 Å². The average molecular weight is 413 g/mol. The molecule has 0 aliphatic heterocycles. The molecule has 2 heterocycles. The van der Waals surface area contributed by atoms with E-state index < -0.39 is 0 Å². The maximum atomic E-state index is 5.98. The predicted molar refractivity (Wildman–Crippen MR) is 97.7 cm³/mol. The minimum Gasteiger partial charge on any atom is -0.330 e. The van der Waals surface area contributed by atoms with E-state index in [0.29, 0.717) is 5.02 Å². The SMILES string of the molecule is Cc1nn(CCc2nnc(Nc3cccc(Cl)c3)s2)c(C)c1Br. The predicted octanol–water partition coefficient (Wildman–Crippen LogP) is 4.75. The van der Waals surface area contributed by atoms with E-state index in [1.54, 1.807) is 11.3 Å². The fourth-order valence-electron chi connectivity index (χ4n) is 2.19. The topological polar surface area (TPSA) is 55.6 Å². The van der Waals surface area contributed by atoms with E-state index in [4.69, 9.17) is 11.6 Å². The molecule has 1 N–H and O–H groups in total. The molecule has 0 spiro atoms. The number of nitrogens with zero attached hydrogens (tertiary/aromatic N) is 4. The zero-order valence-electron chi connectivity index (χ0n) is 12.7. The van der Waals surface area contributed by atoms with Crippen molar-refractivity contribution in [3.63, 3.8) is 0 Å². The summed E-state index contributed by atoms with van der Waals surface area (Å²) in [7, 11) is 0. The number of anilines is 2. The molecule has 23 heavy (non-hydrogen) atoms. The summed E-state index contributed by atoms with van der Waals surface area (Å²) in [4.78, 5) is 0. The van der Waals surface area contributed by atoms with Gasteiger partial charge in [-0.25, -0.2) is 0 Å². The Morgan fingerprint density at radius 3 is 2.83 bits per heavy atom. The summed E-state index contributed by atoms with van der Waals surface area (Å²) >= 11 is 11.1. The molecule has 120 valence electrons. The summed E-state index contributed by atoms with van der Waals surface area (Å²) < 4.78 is 3.06. The lowest BCUT2D eigenvalue weighted by molar-refractivity contribution is 0.591. The number of benzene rings is 1. The molecular formula is C15H15BrClN5S. The van der Waals surface area contributed by atoms with Crippen LogP contribution in [0, 0.1) is 13.8 Å². The fourth-order valence-corrected chi connectivity index (χ4v) is 3.41. The molecule has 0 saturated carbocycles. The van der Waals surface area contributed by atoms with Crippen molar-refractivity contribution in [2.75, 3.05) is 5.32 Å². The normalized spacial score (nSPS) is 11.0. The summed E-state index contributed by atoms with van der Waals surface area (Å²) in [5, 5.41) is 18.5. The Labute approximate surface area is 151 Å².